The second kappa shape index (κ2) is 47.7. The molecule has 0 aromatic rings. The lowest BCUT2D eigenvalue weighted by molar-refractivity contribution is 0.193. The number of unbranched alkanes of at least 4 members (excludes halogenated alkanes) is 41. The van der Waals surface area contributed by atoms with Gasteiger partial charge in [-0.15, -0.1) is 0 Å². The van der Waals surface area contributed by atoms with E-state index in [9.17, 15) is 4.57 Å². The highest BCUT2D eigenvalue weighted by Crippen LogP contribution is 2.35. The molecule has 0 unspecified atom stereocenters. The van der Waals surface area contributed by atoms with E-state index in [4.69, 9.17) is 9.79 Å². The van der Waals surface area contributed by atoms with Crippen LogP contribution in [0, 0.1) is 0 Å². The molecule has 0 saturated heterocycles. The van der Waals surface area contributed by atoms with Gasteiger partial charge in [0.25, 0.3) is 0 Å². The smallest absolute Gasteiger partial charge is 0.303 e. The third kappa shape index (κ3) is 50.2. The fraction of sp³-hybridized carbons (Fsp3) is 1.00. The van der Waals surface area contributed by atoms with E-state index in [1.54, 1.807) is 0 Å². The minimum Gasteiger partial charge on any atom is -0.303 e. The van der Waals surface area contributed by atoms with Crippen LogP contribution < -0.4 is 0 Å². The van der Waals surface area contributed by atoms with Gasteiger partial charge in [0.1, 0.15) is 0 Å². The Labute approximate surface area is 353 Å². The maximum Gasteiger partial charge on any atom is 0.469 e. The molecule has 0 atom stereocenters. The van der Waals surface area contributed by atoms with Crippen molar-refractivity contribution in [2.24, 2.45) is 0 Å². The molecule has 0 spiro atoms. The molecule has 0 bridgehead atoms. The number of nitrogens with zero attached hydrogens (tertiary/aromatic N) is 1. The van der Waals surface area contributed by atoms with Crippen molar-refractivity contribution in [2.75, 3.05) is 26.2 Å². The molecule has 0 aliphatic carbocycles. The first-order chi connectivity index (χ1) is 27.5. The summed E-state index contributed by atoms with van der Waals surface area (Å²) in [6.07, 6.45) is 61.3. The second-order valence-electron chi connectivity index (χ2n) is 18.0. The Morgan fingerprint density at radius 2 is 0.482 bits per heavy atom. The lowest BCUT2D eigenvalue weighted by atomic mass is 10.0. The Hall–Kier alpha value is 0.0700. The van der Waals surface area contributed by atoms with Gasteiger partial charge in [-0.1, -0.05) is 271 Å². The summed E-state index contributed by atoms with van der Waals surface area (Å²) < 4.78 is 15.2. The molecule has 0 saturated carbocycles. The lowest BCUT2D eigenvalue weighted by Gasteiger charge is -2.22. The van der Waals surface area contributed by atoms with E-state index in [2.05, 4.69) is 23.3 Å². The molecule has 0 radical (unpaired) electrons. The quantitative estimate of drug-likeness (QED) is 0.0473. The predicted octanol–water partition coefficient (Wildman–Crippen LogP) is 17.6. The first-order valence-electron chi connectivity index (χ1n) is 25.9. The molecule has 0 aromatic heterocycles. The van der Waals surface area contributed by atoms with Crippen molar-refractivity contribution in [3.8, 4) is 0 Å². The first-order valence-corrected chi connectivity index (χ1v) is 27.4. The summed E-state index contributed by atoms with van der Waals surface area (Å²) in [6.45, 7) is 8.75. The standard InChI is InChI=1S/C50H104NO4P/c1-3-5-7-9-11-13-15-17-19-21-23-27-31-35-39-43-47-51(48-44-40-36-32-28-24-22-20-18-16-14-12-10-8-6-4-2)49-45-41-37-33-29-25-26-30-34-38-42-46-50-55-56(52,53)54/h3-50H2,1-2H3,(H2,52,53,54). The van der Waals surface area contributed by atoms with E-state index < -0.39 is 7.82 Å². The maximum atomic E-state index is 10.7. The zero-order valence-corrected chi connectivity index (χ0v) is 39.4. The highest BCUT2D eigenvalue weighted by Gasteiger charge is 2.12. The second-order valence-corrected chi connectivity index (χ2v) is 19.3. The minimum absolute atomic E-state index is 0.168. The summed E-state index contributed by atoms with van der Waals surface area (Å²) in [5.74, 6) is 0. The highest BCUT2D eigenvalue weighted by atomic mass is 31.2. The van der Waals surface area contributed by atoms with Crippen molar-refractivity contribution < 1.29 is 18.9 Å². The zero-order valence-electron chi connectivity index (χ0n) is 38.5. The number of rotatable bonds is 50. The van der Waals surface area contributed by atoms with E-state index in [1.807, 2.05) is 0 Å². The van der Waals surface area contributed by atoms with E-state index in [0.29, 0.717) is 0 Å². The number of phosphoric acid groups is 1. The van der Waals surface area contributed by atoms with Gasteiger partial charge in [0.2, 0.25) is 0 Å². The summed E-state index contributed by atoms with van der Waals surface area (Å²) >= 11 is 0. The van der Waals surface area contributed by atoms with Crippen LogP contribution in [-0.2, 0) is 9.09 Å². The lowest BCUT2D eigenvalue weighted by Crippen LogP contribution is -2.27. The third-order valence-corrected chi connectivity index (χ3v) is 12.8. The van der Waals surface area contributed by atoms with Gasteiger partial charge in [0.15, 0.2) is 0 Å². The van der Waals surface area contributed by atoms with Crippen LogP contribution in [0.3, 0.4) is 0 Å². The molecule has 0 amide bonds. The maximum absolute atomic E-state index is 10.7. The van der Waals surface area contributed by atoms with E-state index in [1.165, 1.54) is 283 Å². The first kappa shape index (κ1) is 56.1. The van der Waals surface area contributed by atoms with Crippen molar-refractivity contribution in [3.63, 3.8) is 0 Å². The van der Waals surface area contributed by atoms with Crippen LogP contribution in [0.1, 0.15) is 296 Å². The Balaban J connectivity index is 3.97. The van der Waals surface area contributed by atoms with E-state index >= 15 is 0 Å². The summed E-state index contributed by atoms with van der Waals surface area (Å²) in [5.41, 5.74) is 0. The average Bonchev–Trinajstić information content (AvgIpc) is 3.18. The van der Waals surface area contributed by atoms with Gasteiger partial charge in [-0.2, -0.15) is 0 Å². The van der Waals surface area contributed by atoms with Gasteiger partial charge in [-0.3, -0.25) is 4.52 Å². The zero-order chi connectivity index (χ0) is 40.7. The summed E-state index contributed by atoms with van der Waals surface area (Å²) in [5, 5.41) is 0. The molecule has 0 aliphatic heterocycles. The molecule has 0 aliphatic rings. The van der Waals surface area contributed by atoms with Crippen LogP contribution in [-0.4, -0.2) is 40.9 Å². The molecule has 0 heterocycles. The SMILES string of the molecule is CCCCCCCCCCCCCCCCCCN(CCCCCCCCCCCCCCCCCC)CCCCCCCCCCCCCCOP(=O)(O)O. The van der Waals surface area contributed by atoms with Crippen LogP contribution in [0.25, 0.3) is 0 Å². The predicted molar refractivity (Wildman–Crippen MR) is 249 cm³/mol. The number of phosphoric ester groups is 1. The normalized spacial score (nSPS) is 12.1. The highest BCUT2D eigenvalue weighted by molar-refractivity contribution is 7.46. The Bertz CT molecular complexity index is 725. The monoisotopic (exact) mass is 814 g/mol. The molecule has 0 aromatic carbocycles. The topological polar surface area (TPSA) is 70.0 Å². The molecule has 0 fully saturated rings. The fourth-order valence-electron chi connectivity index (χ4n) is 8.49. The van der Waals surface area contributed by atoms with Crippen molar-refractivity contribution in [3.05, 3.63) is 0 Å². The molecule has 6 heteroatoms. The third-order valence-electron chi connectivity index (χ3n) is 12.3. The van der Waals surface area contributed by atoms with Gasteiger partial charge in [0, 0.05) is 0 Å². The van der Waals surface area contributed by atoms with Gasteiger partial charge < -0.3 is 14.7 Å². The van der Waals surface area contributed by atoms with Crippen molar-refractivity contribution in [2.45, 2.75) is 296 Å². The Morgan fingerprint density at radius 3 is 0.679 bits per heavy atom. The molecule has 56 heavy (non-hydrogen) atoms. The minimum atomic E-state index is -4.29. The Kier molecular flexibility index (Phi) is 47.8. The molecular formula is C50H104NO4P. The van der Waals surface area contributed by atoms with Gasteiger partial charge in [0.05, 0.1) is 6.61 Å². The average molecular weight is 814 g/mol. The summed E-state index contributed by atoms with van der Waals surface area (Å²) in [7, 11) is -4.29. The summed E-state index contributed by atoms with van der Waals surface area (Å²) in [6, 6.07) is 0. The molecule has 0 rings (SSSR count). The largest absolute Gasteiger partial charge is 0.469 e. The van der Waals surface area contributed by atoms with Gasteiger partial charge >= 0.3 is 7.82 Å². The fourth-order valence-corrected chi connectivity index (χ4v) is 8.86. The van der Waals surface area contributed by atoms with Crippen molar-refractivity contribution in [1.29, 1.82) is 0 Å². The van der Waals surface area contributed by atoms with E-state index in [-0.39, 0.29) is 6.61 Å². The van der Waals surface area contributed by atoms with Gasteiger partial charge in [-0.25, -0.2) is 4.57 Å². The molecule has 338 valence electrons. The van der Waals surface area contributed by atoms with E-state index in [0.717, 1.165) is 19.3 Å². The molecule has 5 nitrogen and oxygen atoms in total. The molecule has 2 N–H and O–H groups in total. The molecular weight excluding hydrogens is 710 g/mol. The van der Waals surface area contributed by atoms with Crippen LogP contribution >= 0.6 is 7.82 Å². The number of hydrogen-bond acceptors (Lipinski definition) is 3. The van der Waals surface area contributed by atoms with Crippen LogP contribution in [0.2, 0.25) is 0 Å². The van der Waals surface area contributed by atoms with Crippen molar-refractivity contribution >= 4 is 7.82 Å². The Morgan fingerprint density at radius 1 is 0.304 bits per heavy atom. The summed E-state index contributed by atoms with van der Waals surface area (Å²) in [4.78, 5) is 20.3. The van der Waals surface area contributed by atoms with Gasteiger partial charge in [-0.05, 0) is 45.3 Å². The number of hydrogen-bond donors (Lipinski definition) is 2. The van der Waals surface area contributed by atoms with Crippen LogP contribution in [0.5, 0.6) is 0 Å². The van der Waals surface area contributed by atoms with Crippen LogP contribution in [0.4, 0.5) is 0 Å². The van der Waals surface area contributed by atoms with Crippen LogP contribution in [0.15, 0.2) is 0 Å². The van der Waals surface area contributed by atoms with Crippen molar-refractivity contribution in [1.82, 2.24) is 4.90 Å².